The van der Waals surface area contributed by atoms with Crippen molar-refractivity contribution >= 4 is 23.5 Å². The Labute approximate surface area is 176 Å². The summed E-state index contributed by atoms with van der Waals surface area (Å²) in [5.74, 6) is -0.605. The van der Waals surface area contributed by atoms with Gasteiger partial charge in [0.25, 0.3) is 5.91 Å². The Hall–Kier alpha value is -3.53. The van der Waals surface area contributed by atoms with Gasteiger partial charge in [-0.2, -0.15) is 5.10 Å². The van der Waals surface area contributed by atoms with Crippen LogP contribution < -0.4 is 16.7 Å². The second kappa shape index (κ2) is 9.31. The fraction of sp³-hybridized carbons (Fsp3) is 0.200. The molecular formula is C20H21FN6O2S. The molecule has 1 aromatic carbocycles. The van der Waals surface area contributed by atoms with Gasteiger partial charge in [-0.05, 0) is 36.2 Å². The number of aromatic nitrogens is 3. The highest BCUT2D eigenvalue weighted by Crippen LogP contribution is 2.24. The number of nitrogens with one attached hydrogen (secondary N) is 1. The fourth-order valence-corrected chi connectivity index (χ4v) is 3.80. The van der Waals surface area contributed by atoms with Gasteiger partial charge >= 0.3 is 5.69 Å². The maximum absolute atomic E-state index is 13.1. The molecule has 0 aliphatic rings. The van der Waals surface area contributed by atoms with E-state index in [1.54, 1.807) is 38.4 Å². The molecule has 2 heterocycles. The lowest BCUT2D eigenvalue weighted by molar-refractivity contribution is 0.0961. The van der Waals surface area contributed by atoms with Crippen LogP contribution in [0.25, 0.3) is 5.00 Å². The highest BCUT2D eigenvalue weighted by Gasteiger charge is 2.17. The molecule has 8 nitrogen and oxygen atoms in total. The van der Waals surface area contributed by atoms with Crippen molar-refractivity contribution < 1.29 is 9.18 Å². The number of thiophene rings is 1. The Balaban J connectivity index is 1.78. The Kier molecular flexibility index (Phi) is 6.58. The van der Waals surface area contributed by atoms with Crippen molar-refractivity contribution in [2.24, 2.45) is 10.7 Å². The third kappa shape index (κ3) is 4.71. The molecule has 0 spiro atoms. The Morgan fingerprint density at radius 2 is 2.10 bits per heavy atom. The zero-order chi connectivity index (χ0) is 21.7. The Morgan fingerprint density at radius 3 is 2.77 bits per heavy atom. The van der Waals surface area contributed by atoms with Gasteiger partial charge in [0.2, 0.25) is 0 Å². The molecule has 2 aromatic heterocycles. The van der Waals surface area contributed by atoms with Crippen LogP contribution in [0.3, 0.4) is 0 Å². The fourth-order valence-electron chi connectivity index (χ4n) is 2.74. The number of nitrogens with zero attached hydrogens (tertiary/aromatic N) is 4. The third-order valence-electron chi connectivity index (χ3n) is 4.29. The monoisotopic (exact) mass is 428 g/mol. The normalized spacial score (nSPS) is 11.9. The molecule has 3 N–H and O–H groups in total. The molecule has 0 unspecified atom stereocenters. The minimum atomic E-state index is -0.347. The van der Waals surface area contributed by atoms with Crippen LogP contribution in [0.2, 0.25) is 0 Å². The van der Waals surface area contributed by atoms with Crippen molar-refractivity contribution in [3.8, 4) is 5.00 Å². The van der Waals surface area contributed by atoms with Gasteiger partial charge in [-0.3, -0.25) is 9.79 Å². The summed E-state index contributed by atoms with van der Waals surface area (Å²) in [7, 11) is 1.62. The van der Waals surface area contributed by atoms with E-state index in [1.165, 1.54) is 45.2 Å². The van der Waals surface area contributed by atoms with E-state index in [-0.39, 0.29) is 30.5 Å². The predicted molar refractivity (Wildman–Crippen MR) is 115 cm³/mol. The van der Waals surface area contributed by atoms with Crippen LogP contribution in [0, 0.1) is 12.7 Å². The van der Waals surface area contributed by atoms with Crippen molar-refractivity contribution in [3.05, 3.63) is 80.7 Å². The average Bonchev–Trinajstić information content (AvgIpc) is 3.29. The molecule has 0 saturated heterocycles. The van der Waals surface area contributed by atoms with E-state index >= 15 is 0 Å². The molecule has 156 valence electrons. The van der Waals surface area contributed by atoms with Crippen LogP contribution in [0.4, 0.5) is 4.39 Å². The van der Waals surface area contributed by atoms with Crippen molar-refractivity contribution in [3.63, 3.8) is 0 Å². The minimum absolute atomic E-state index is 0.219. The highest BCUT2D eigenvalue weighted by atomic mass is 32.1. The summed E-state index contributed by atoms with van der Waals surface area (Å²) in [4.78, 5) is 29.6. The third-order valence-corrected chi connectivity index (χ3v) is 5.52. The van der Waals surface area contributed by atoms with Crippen LogP contribution in [0.5, 0.6) is 0 Å². The molecule has 0 aliphatic carbocycles. The second-order valence-electron chi connectivity index (χ2n) is 6.48. The number of aliphatic imine (C=N–C) groups is 1. The van der Waals surface area contributed by atoms with Crippen LogP contribution in [0.1, 0.15) is 20.8 Å². The molecule has 0 aliphatic heterocycles. The van der Waals surface area contributed by atoms with E-state index in [1.807, 2.05) is 0 Å². The van der Waals surface area contributed by atoms with Crippen LogP contribution in [-0.2, 0) is 6.54 Å². The smallest absolute Gasteiger partial charge is 0.351 e. The lowest BCUT2D eigenvalue weighted by Crippen LogP contribution is -2.26. The van der Waals surface area contributed by atoms with Crippen molar-refractivity contribution in [1.82, 2.24) is 19.7 Å². The van der Waals surface area contributed by atoms with E-state index in [9.17, 15) is 14.0 Å². The van der Waals surface area contributed by atoms with E-state index in [0.29, 0.717) is 15.5 Å². The Morgan fingerprint density at radius 1 is 1.37 bits per heavy atom. The summed E-state index contributed by atoms with van der Waals surface area (Å²) >= 11 is 1.19. The van der Waals surface area contributed by atoms with Crippen molar-refractivity contribution in [2.45, 2.75) is 13.5 Å². The number of hydrogen-bond acceptors (Lipinski definition) is 6. The van der Waals surface area contributed by atoms with Crippen LogP contribution in [-0.4, -0.2) is 40.1 Å². The molecule has 0 saturated carbocycles. The van der Waals surface area contributed by atoms with Crippen LogP contribution >= 0.6 is 11.3 Å². The summed E-state index contributed by atoms with van der Waals surface area (Å²) in [5, 5.41) is 7.50. The number of rotatable bonds is 7. The lowest BCUT2D eigenvalue weighted by Gasteiger charge is -2.04. The summed E-state index contributed by atoms with van der Waals surface area (Å²) in [6, 6.07) is 7.64. The number of aryl methyl sites for hydroxylation is 1. The van der Waals surface area contributed by atoms with Gasteiger partial charge < -0.3 is 11.1 Å². The van der Waals surface area contributed by atoms with Crippen molar-refractivity contribution in [2.75, 3.05) is 13.6 Å². The first kappa shape index (κ1) is 21.2. The highest BCUT2D eigenvalue weighted by molar-refractivity contribution is 7.16. The van der Waals surface area contributed by atoms with Gasteiger partial charge in [0.1, 0.15) is 17.1 Å². The number of carbonyl (C=O) groups is 1. The molecular weight excluding hydrogens is 407 g/mol. The first-order valence-corrected chi connectivity index (χ1v) is 9.85. The van der Waals surface area contributed by atoms with Crippen molar-refractivity contribution in [1.29, 1.82) is 0 Å². The zero-order valence-corrected chi connectivity index (χ0v) is 17.3. The number of carbonyl (C=O) groups excluding carboxylic acids is 1. The van der Waals surface area contributed by atoms with E-state index in [0.717, 1.165) is 11.1 Å². The molecule has 0 radical (unpaired) electrons. The zero-order valence-electron chi connectivity index (χ0n) is 16.5. The number of halogens is 1. The maximum atomic E-state index is 13.1. The lowest BCUT2D eigenvalue weighted by atomic mass is 10.2. The van der Waals surface area contributed by atoms with Gasteiger partial charge in [-0.1, -0.05) is 12.1 Å². The summed E-state index contributed by atoms with van der Waals surface area (Å²) in [6.45, 7) is 2.27. The average molecular weight is 428 g/mol. The van der Waals surface area contributed by atoms with Gasteiger partial charge in [0, 0.05) is 31.6 Å². The minimum Gasteiger partial charge on any atom is -0.404 e. The predicted octanol–water partition coefficient (Wildman–Crippen LogP) is 1.86. The summed E-state index contributed by atoms with van der Waals surface area (Å²) in [5.41, 5.74) is 7.34. The van der Waals surface area contributed by atoms with Gasteiger partial charge in [-0.25, -0.2) is 18.4 Å². The number of benzene rings is 1. The number of hydrogen-bond donors (Lipinski definition) is 2. The van der Waals surface area contributed by atoms with E-state index in [4.69, 9.17) is 5.73 Å². The summed E-state index contributed by atoms with van der Waals surface area (Å²) in [6.07, 6.45) is 4.36. The standard InChI is InChI=1S/C20H21FN6O2S/c1-13-7-17(30-18(13)19(28)24-10-15(8-22)9-23-2)26-12-25-27(20(26)29)11-14-3-5-16(21)6-4-14/h3-9,12H,10-11,22H2,1-2H3,(H,24,28)/b15-8+,23-9?. The first-order valence-electron chi connectivity index (χ1n) is 9.03. The number of amides is 1. The molecule has 0 bridgehead atoms. The van der Waals surface area contributed by atoms with Gasteiger partial charge in [-0.15, -0.1) is 11.3 Å². The molecule has 0 atom stereocenters. The summed E-state index contributed by atoms with van der Waals surface area (Å²) < 4.78 is 15.7. The van der Waals surface area contributed by atoms with Crippen LogP contribution in [0.15, 0.2) is 58.2 Å². The second-order valence-corrected chi connectivity index (χ2v) is 7.51. The van der Waals surface area contributed by atoms with Gasteiger partial charge in [0.15, 0.2) is 0 Å². The molecule has 3 rings (SSSR count). The topological polar surface area (TPSA) is 107 Å². The van der Waals surface area contributed by atoms with E-state index < -0.39 is 0 Å². The largest absolute Gasteiger partial charge is 0.404 e. The van der Waals surface area contributed by atoms with Gasteiger partial charge in [0.05, 0.1) is 11.4 Å². The molecule has 1 amide bonds. The Bertz CT molecular complexity index is 1160. The maximum Gasteiger partial charge on any atom is 0.351 e. The quantitative estimate of drug-likeness (QED) is 0.560. The van der Waals surface area contributed by atoms with E-state index in [2.05, 4.69) is 15.4 Å². The molecule has 3 aromatic rings. The SMILES string of the molecule is CN=C/C(=C\N)CNC(=O)c1sc(-n2cnn(Cc3ccc(F)cc3)c2=O)cc1C. The number of nitrogens with two attached hydrogens (primary N) is 1. The molecule has 10 heteroatoms. The first-order chi connectivity index (χ1) is 14.4. The molecule has 0 fully saturated rings. The molecule has 30 heavy (non-hydrogen) atoms.